The maximum atomic E-state index is 6.41. The van der Waals surface area contributed by atoms with Gasteiger partial charge in [0.05, 0.1) is 5.03 Å². The predicted molar refractivity (Wildman–Crippen MR) is 148 cm³/mol. The first-order valence-electron chi connectivity index (χ1n) is 11.9. The zero-order valence-corrected chi connectivity index (χ0v) is 22.6. The van der Waals surface area contributed by atoms with E-state index in [1.165, 1.54) is 27.4 Å². The van der Waals surface area contributed by atoms with Crippen LogP contribution in [0.2, 0.25) is 5.02 Å². The van der Waals surface area contributed by atoms with Crippen LogP contribution in [-0.2, 0) is 13.1 Å². The highest BCUT2D eigenvalue weighted by atomic mass is 35.5. The summed E-state index contributed by atoms with van der Waals surface area (Å²) in [5.74, 6) is 1.48. The quantitative estimate of drug-likeness (QED) is 0.219. The molecule has 4 rings (SSSR count). The molecule has 184 valence electrons. The van der Waals surface area contributed by atoms with Gasteiger partial charge >= 0.3 is 0 Å². The molecule has 2 heterocycles. The molecule has 4 nitrogen and oxygen atoms in total. The van der Waals surface area contributed by atoms with E-state index in [1.807, 2.05) is 30.6 Å². The van der Waals surface area contributed by atoms with Crippen molar-refractivity contribution in [1.29, 1.82) is 0 Å². The molecule has 0 radical (unpaired) electrons. The van der Waals surface area contributed by atoms with E-state index in [1.54, 1.807) is 23.9 Å². The van der Waals surface area contributed by atoms with Crippen LogP contribution in [0.15, 0.2) is 83.3 Å². The Morgan fingerprint density at radius 1 is 1.17 bits per heavy atom. The van der Waals surface area contributed by atoms with Crippen molar-refractivity contribution in [1.82, 2.24) is 14.9 Å². The van der Waals surface area contributed by atoms with Gasteiger partial charge in [-0.15, -0.1) is 0 Å². The van der Waals surface area contributed by atoms with Crippen LogP contribution in [0.4, 0.5) is 0 Å². The second kappa shape index (κ2) is 11.6. The molecule has 0 aliphatic carbocycles. The molecule has 2 aromatic heterocycles. The average Bonchev–Trinajstić information content (AvgIpc) is 3.09. The van der Waals surface area contributed by atoms with Gasteiger partial charge in [0, 0.05) is 47.2 Å². The molecule has 1 N–H and O–H groups in total. The van der Waals surface area contributed by atoms with Crippen molar-refractivity contribution in [3.8, 4) is 5.75 Å². The van der Waals surface area contributed by atoms with Crippen molar-refractivity contribution in [3.05, 3.63) is 118 Å². The number of halogens is 1. The summed E-state index contributed by atoms with van der Waals surface area (Å²) >= 11 is 8.17. The lowest BCUT2D eigenvalue weighted by atomic mass is 10.0. The summed E-state index contributed by atoms with van der Waals surface area (Å²) in [6.07, 6.45) is 3.68. The molecule has 0 spiro atoms. The third kappa shape index (κ3) is 6.26. The fourth-order valence-corrected chi connectivity index (χ4v) is 6.00. The Hall–Kier alpha value is -3.33. The lowest BCUT2D eigenvalue weighted by Gasteiger charge is -2.15. The Morgan fingerprint density at radius 3 is 2.61 bits per heavy atom. The molecule has 0 atom stereocenters. The Kier molecular flexibility index (Phi) is 8.30. The first kappa shape index (κ1) is 25.8. The number of aryl methyl sites for hydroxylation is 1. The molecule has 0 amide bonds. The monoisotopic (exact) mass is 515 g/mol. The minimum atomic E-state index is 0.315. The number of hydrogen-bond acceptors (Lipinski definition) is 4. The second-order valence-corrected chi connectivity index (χ2v) is 10.5. The molecule has 0 saturated carbocycles. The van der Waals surface area contributed by atoms with Crippen LogP contribution in [0.25, 0.3) is 0 Å². The smallest absolute Gasteiger partial charge is 0.186 e. The first-order chi connectivity index (χ1) is 17.3. The average molecular weight is 516 g/mol. The van der Waals surface area contributed by atoms with Crippen LogP contribution in [0, 0.1) is 26.0 Å². The van der Waals surface area contributed by atoms with Crippen molar-refractivity contribution in [2.45, 2.75) is 56.6 Å². The van der Waals surface area contributed by atoms with Gasteiger partial charge in [0.15, 0.2) is 5.88 Å². The first-order valence-corrected chi connectivity index (χ1v) is 13.1. The van der Waals surface area contributed by atoms with Crippen molar-refractivity contribution in [2.24, 2.45) is 0 Å². The summed E-state index contributed by atoms with van der Waals surface area (Å²) in [5, 5.41) is 5.34. The number of aromatic nitrogens is 2. The molecule has 4 aromatic rings. The lowest BCUT2D eigenvalue weighted by molar-refractivity contribution is 0.381. The van der Waals surface area contributed by atoms with Crippen LogP contribution < -0.4 is 10.1 Å². The summed E-state index contributed by atoms with van der Waals surface area (Å²) in [5.41, 5.74) is 6.11. The second-order valence-electron chi connectivity index (χ2n) is 8.99. The number of ether oxygens (including phenoxy) is 1. The van der Waals surface area contributed by atoms with Crippen molar-refractivity contribution >= 4 is 23.4 Å². The molecular formula is C30H30ClN3OS. The third-order valence-corrected chi connectivity index (χ3v) is 7.20. The third-order valence-electron chi connectivity index (χ3n) is 5.87. The van der Waals surface area contributed by atoms with Crippen LogP contribution >= 0.6 is 23.4 Å². The van der Waals surface area contributed by atoms with E-state index in [-0.39, 0.29) is 0 Å². The van der Waals surface area contributed by atoms with E-state index >= 15 is 0 Å². The number of nitrogens with zero attached hydrogens (tertiary/aromatic N) is 2. The highest BCUT2D eigenvalue weighted by Crippen LogP contribution is 2.41. The maximum Gasteiger partial charge on any atom is 0.186 e. The van der Waals surface area contributed by atoms with E-state index in [4.69, 9.17) is 16.3 Å². The summed E-state index contributed by atoms with van der Waals surface area (Å²) in [7, 11) is 0. The van der Waals surface area contributed by atoms with Gasteiger partial charge in [-0.3, -0.25) is 4.98 Å². The highest BCUT2D eigenvalue weighted by Gasteiger charge is 2.24. The Bertz CT molecular complexity index is 1310. The van der Waals surface area contributed by atoms with E-state index in [2.05, 4.69) is 79.5 Å². The van der Waals surface area contributed by atoms with Gasteiger partial charge in [-0.1, -0.05) is 49.3 Å². The molecule has 0 bridgehead atoms. The lowest BCUT2D eigenvalue weighted by Crippen LogP contribution is -2.17. The van der Waals surface area contributed by atoms with E-state index < -0.39 is 0 Å². The fourth-order valence-electron chi connectivity index (χ4n) is 4.21. The molecule has 2 aromatic carbocycles. The standard InChI is InChI=1S/C30H30ClN3OS/c1-20(2)29-28(18-33-23(5)35-26-9-7-6-8-10-26)22(4)34(19-24-11-13-32-14-12-24)30(29)36-27-16-21(3)15-25(31)17-27/h7,9-17,20,33H,5,18-19H2,1-4H3. The molecule has 36 heavy (non-hydrogen) atoms. The SMILES string of the molecule is C=C(NCc1c(C(C)C)c(Sc2cc(C)cc(Cl)c2)n(Cc2ccncc2)c1C)Oc1cc#ccc1. The zero-order chi connectivity index (χ0) is 25.7. The highest BCUT2D eigenvalue weighted by molar-refractivity contribution is 7.99. The van der Waals surface area contributed by atoms with Gasteiger partial charge < -0.3 is 14.6 Å². The molecule has 0 unspecified atom stereocenters. The van der Waals surface area contributed by atoms with E-state index in [9.17, 15) is 0 Å². The number of pyridine rings is 1. The van der Waals surface area contributed by atoms with Crippen molar-refractivity contribution in [3.63, 3.8) is 0 Å². The van der Waals surface area contributed by atoms with Gasteiger partial charge in [0.25, 0.3) is 0 Å². The van der Waals surface area contributed by atoms with Gasteiger partial charge in [-0.2, -0.15) is 0 Å². The minimum absolute atomic E-state index is 0.315. The van der Waals surface area contributed by atoms with Crippen LogP contribution in [0.5, 0.6) is 5.75 Å². The number of hydrogen-bond donors (Lipinski definition) is 1. The topological polar surface area (TPSA) is 39.1 Å². The van der Waals surface area contributed by atoms with E-state index in [0.717, 1.165) is 22.0 Å². The molecular weight excluding hydrogens is 486 g/mol. The van der Waals surface area contributed by atoms with Gasteiger partial charge in [-0.05, 0) is 91.1 Å². The molecule has 0 aliphatic heterocycles. The van der Waals surface area contributed by atoms with Crippen LogP contribution in [-0.4, -0.2) is 9.55 Å². The molecule has 0 fully saturated rings. The zero-order valence-electron chi connectivity index (χ0n) is 21.1. The molecule has 0 saturated heterocycles. The van der Waals surface area contributed by atoms with Crippen molar-refractivity contribution < 1.29 is 4.74 Å². The number of benzene rings is 1. The van der Waals surface area contributed by atoms with Crippen LogP contribution in [0.1, 0.15) is 47.7 Å². The summed E-state index contributed by atoms with van der Waals surface area (Å²) < 4.78 is 8.24. The Labute approximate surface area is 223 Å². The van der Waals surface area contributed by atoms with Crippen LogP contribution in [0.3, 0.4) is 0 Å². The Morgan fingerprint density at radius 2 is 1.94 bits per heavy atom. The minimum Gasteiger partial charge on any atom is -0.441 e. The number of rotatable bonds is 10. The van der Waals surface area contributed by atoms with Gasteiger partial charge in [0.1, 0.15) is 5.75 Å². The Balaban J connectivity index is 1.70. The normalized spacial score (nSPS) is 10.8. The van der Waals surface area contributed by atoms with Gasteiger partial charge in [0.2, 0.25) is 0 Å². The largest absolute Gasteiger partial charge is 0.441 e. The summed E-state index contributed by atoms with van der Waals surface area (Å²) in [4.78, 5) is 5.31. The number of nitrogens with one attached hydrogen (secondary N) is 1. The molecule has 0 aliphatic rings. The van der Waals surface area contributed by atoms with Crippen molar-refractivity contribution in [2.75, 3.05) is 0 Å². The predicted octanol–water partition coefficient (Wildman–Crippen LogP) is 7.72. The summed E-state index contributed by atoms with van der Waals surface area (Å²) in [6.45, 7) is 14.2. The maximum absolute atomic E-state index is 6.41. The molecule has 6 heteroatoms. The fraction of sp³-hybridized carbons (Fsp3) is 0.233. The summed E-state index contributed by atoms with van der Waals surface area (Å²) in [6, 6.07) is 21.4. The van der Waals surface area contributed by atoms with Gasteiger partial charge in [-0.25, -0.2) is 0 Å². The van der Waals surface area contributed by atoms with E-state index in [0.29, 0.717) is 24.1 Å².